The fourth-order valence-corrected chi connectivity index (χ4v) is 2.87. The molecule has 2 rings (SSSR count). The second kappa shape index (κ2) is 6.18. The normalized spacial score (nSPS) is 23.2. The van der Waals surface area contributed by atoms with Crippen LogP contribution >= 0.6 is 0 Å². The van der Waals surface area contributed by atoms with Crippen LogP contribution in [-0.4, -0.2) is 60.4 Å². The zero-order valence-electron chi connectivity index (χ0n) is 11.1. The van der Waals surface area contributed by atoms with Crippen LogP contribution in [0.1, 0.15) is 32.6 Å². The lowest BCUT2D eigenvalue weighted by molar-refractivity contribution is -0.129. The van der Waals surface area contributed by atoms with Crippen molar-refractivity contribution in [1.29, 1.82) is 0 Å². The lowest BCUT2D eigenvalue weighted by Gasteiger charge is -2.36. The van der Waals surface area contributed by atoms with E-state index in [0.717, 1.165) is 58.3 Å². The Balaban J connectivity index is 1.69. The Morgan fingerprint density at radius 3 is 2.00 bits per heavy atom. The van der Waals surface area contributed by atoms with E-state index in [9.17, 15) is 9.59 Å². The van der Waals surface area contributed by atoms with Crippen molar-refractivity contribution >= 4 is 12.3 Å². The minimum atomic E-state index is 0.188. The Hall–Kier alpha value is -1.10. The monoisotopic (exact) mass is 253 g/mol. The fourth-order valence-electron chi connectivity index (χ4n) is 2.87. The first-order valence-electron chi connectivity index (χ1n) is 6.90. The van der Waals surface area contributed by atoms with Crippen molar-refractivity contribution < 1.29 is 9.59 Å². The van der Waals surface area contributed by atoms with Gasteiger partial charge in [0.1, 0.15) is 0 Å². The lowest BCUT2D eigenvalue weighted by Crippen LogP contribution is -2.50. The molecule has 2 heterocycles. The topological polar surface area (TPSA) is 52.7 Å². The molecule has 0 atom stereocenters. The van der Waals surface area contributed by atoms with Gasteiger partial charge in [0, 0.05) is 45.2 Å². The summed E-state index contributed by atoms with van der Waals surface area (Å²) in [5.41, 5.74) is 0. The van der Waals surface area contributed by atoms with Crippen molar-refractivity contribution in [2.75, 3.05) is 26.2 Å². The van der Waals surface area contributed by atoms with E-state index < -0.39 is 0 Å². The Labute approximate surface area is 108 Å². The summed E-state index contributed by atoms with van der Waals surface area (Å²) in [4.78, 5) is 25.6. The van der Waals surface area contributed by atoms with E-state index in [1.807, 2.05) is 9.80 Å². The largest absolute Gasteiger partial charge is 0.345 e. The summed E-state index contributed by atoms with van der Waals surface area (Å²) < 4.78 is 0. The Morgan fingerprint density at radius 1 is 1.06 bits per heavy atom. The molecule has 0 aromatic rings. The number of nitrogens with one attached hydrogen (secondary N) is 1. The van der Waals surface area contributed by atoms with Crippen LogP contribution in [0.5, 0.6) is 0 Å². The highest BCUT2D eigenvalue weighted by molar-refractivity contribution is 5.73. The first-order valence-corrected chi connectivity index (χ1v) is 6.90. The summed E-state index contributed by atoms with van der Waals surface area (Å²) in [6.07, 6.45) is 5.14. The first kappa shape index (κ1) is 13.3. The third kappa shape index (κ3) is 3.45. The minimum absolute atomic E-state index is 0.188. The van der Waals surface area contributed by atoms with Gasteiger partial charge in [-0.1, -0.05) is 0 Å². The third-order valence-corrected chi connectivity index (χ3v) is 4.09. The van der Waals surface area contributed by atoms with Gasteiger partial charge in [-0.25, -0.2) is 0 Å². The van der Waals surface area contributed by atoms with Crippen LogP contribution in [0.2, 0.25) is 0 Å². The Kier molecular flexibility index (Phi) is 4.58. The van der Waals surface area contributed by atoms with Crippen LogP contribution in [-0.2, 0) is 9.59 Å². The number of piperidine rings is 2. The number of rotatable bonds is 3. The average Bonchev–Trinajstić information content (AvgIpc) is 2.40. The molecule has 2 saturated heterocycles. The van der Waals surface area contributed by atoms with E-state index in [-0.39, 0.29) is 5.91 Å². The number of nitrogens with zero attached hydrogens (tertiary/aromatic N) is 2. The molecule has 102 valence electrons. The van der Waals surface area contributed by atoms with Gasteiger partial charge in [-0.2, -0.15) is 0 Å². The summed E-state index contributed by atoms with van der Waals surface area (Å²) >= 11 is 0. The lowest BCUT2D eigenvalue weighted by atomic mass is 10.00. The maximum Gasteiger partial charge on any atom is 0.219 e. The van der Waals surface area contributed by atoms with E-state index in [4.69, 9.17) is 0 Å². The van der Waals surface area contributed by atoms with Gasteiger partial charge < -0.3 is 15.1 Å². The summed E-state index contributed by atoms with van der Waals surface area (Å²) in [6.45, 7) is 5.13. The molecule has 0 aliphatic carbocycles. The molecule has 1 N–H and O–H groups in total. The molecule has 0 aromatic heterocycles. The van der Waals surface area contributed by atoms with Gasteiger partial charge in [-0.15, -0.1) is 0 Å². The second-order valence-corrected chi connectivity index (χ2v) is 5.36. The molecular weight excluding hydrogens is 230 g/mol. The number of amides is 2. The van der Waals surface area contributed by atoms with Crippen molar-refractivity contribution in [1.82, 2.24) is 15.1 Å². The Bertz CT molecular complexity index is 293. The van der Waals surface area contributed by atoms with Crippen LogP contribution in [0.4, 0.5) is 0 Å². The minimum Gasteiger partial charge on any atom is -0.345 e. The molecule has 18 heavy (non-hydrogen) atoms. The van der Waals surface area contributed by atoms with Gasteiger partial charge in [0.2, 0.25) is 12.3 Å². The number of hydrogen-bond donors (Lipinski definition) is 1. The van der Waals surface area contributed by atoms with E-state index in [1.54, 1.807) is 6.92 Å². The van der Waals surface area contributed by atoms with Crippen LogP contribution in [0.25, 0.3) is 0 Å². The van der Waals surface area contributed by atoms with Crippen molar-refractivity contribution in [2.24, 2.45) is 0 Å². The van der Waals surface area contributed by atoms with Crippen molar-refractivity contribution in [2.45, 2.75) is 44.7 Å². The summed E-state index contributed by atoms with van der Waals surface area (Å²) in [5, 5.41) is 3.68. The quantitative estimate of drug-likeness (QED) is 0.731. The third-order valence-electron chi connectivity index (χ3n) is 4.09. The SMILES string of the molecule is CC(=O)N1CCC(NC2CCN(C=O)CC2)CC1. The fraction of sp³-hybridized carbons (Fsp3) is 0.846. The highest BCUT2D eigenvalue weighted by Crippen LogP contribution is 2.15. The van der Waals surface area contributed by atoms with E-state index in [1.165, 1.54) is 0 Å². The van der Waals surface area contributed by atoms with E-state index in [2.05, 4.69) is 5.32 Å². The summed E-state index contributed by atoms with van der Waals surface area (Å²) in [6, 6.07) is 1.07. The van der Waals surface area contributed by atoms with Gasteiger partial charge in [0.25, 0.3) is 0 Å². The summed E-state index contributed by atoms with van der Waals surface area (Å²) in [5.74, 6) is 0.188. The molecular formula is C13H23N3O2. The molecule has 0 unspecified atom stereocenters. The van der Waals surface area contributed by atoms with Crippen LogP contribution in [0.15, 0.2) is 0 Å². The van der Waals surface area contributed by atoms with Gasteiger partial charge in [-0.3, -0.25) is 9.59 Å². The molecule has 5 nitrogen and oxygen atoms in total. The van der Waals surface area contributed by atoms with Gasteiger partial charge in [0.15, 0.2) is 0 Å². The van der Waals surface area contributed by atoms with Crippen molar-refractivity contribution in [3.63, 3.8) is 0 Å². The maximum absolute atomic E-state index is 11.2. The van der Waals surface area contributed by atoms with Gasteiger partial charge in [-0.05, 0) is 25.7 Å². The van der Waals surface area contributed by atoms with Crippen LogP contribution < -0.4 is 5.32 Å². The maximum atomic E-state index is 11.2. The standard InChI is InChI=1S/C13H23N3O2/c1-11(18)16-8-4-13(5-9-16)14-12-2-6-15(10-17)7-3-12/h10,12-14H,2-9H2,1H3. The number of carbonyl (C=O) groups is 2. The molecule has 2 aliphatic rings. The van der Waals surface area contributed by atoms with Crippen molar-refractivity contribution in [3.8, 4) is 0 Å². The molecule has 0 spiro atoms. The molecule has 0 radical (unpaired) electrons. The Morgan fingerprint density at radius 2 is 1.56 bits per heavy atom. The molecule has 2 aliphatic heterocycles. The predicted octanol–water partition coefficient (Wildman–Crippen LogP) is 0.208. The van der Waals surface area contributed by atoms with Gasteiger partial charge in [0.05, 0.1) is 0 Å². The summed E-state index contributed by atoms with van der Waals surface area (Å²) in [7, 11) is 0. The highest BCUT2D eigenvalue weighted by Gasteiger charge is 2.24. The predicted molar refractivity (Wildman–Crippen MR) is 69.1 cm³/mol. The highest BCUT2D eigenvalue weighted by atomic mass is 16.2. The van der Waals surface area contributed by atoms with Gasteiger partial charge >= 0.3 is 0 Å². The molecule has 5 heteroatoms. The van der Waals surface area contributed by atoms with E-state index in [0.29, 0.717) is 12.1 Å². The number of hydrogen-bond acceptors (Lipinski definition) is 3. The smallest absolute Gasteiger partial charge is 0.219 e. The molecule has 2 fully saturated rings. The number of likely N-dealkylation sites (tertiary alicyclic amines) is 2. The zero-order chi connectivity index (χ0) is 13.0. The average molecular weight is 253 g/mol. The van der Waals surface area contributed by atoms with Crippen LogP contribution in [0, 0.1) is 0 Å². The first-order chi connectivity index (χ1) is 8.69. The molecule has 0 bridgehead atoms. The second-order valence-electron chi connectivity index (χ2n) is 5.36. The van der Waals surface area contributed by atoms with Crippen molar-refractivity contribution in [3.05, 3.63) is 0 Å². The molecule has 0 saturated carbocycles. The zero-order valence-corrected chi connectivity index (χ0v) is 11.1. The van der Waals surface area contributed by atoms with E-state index >= 15 is 0 Å². The molecule has 2 amide bonds. The number of carbonyl (C=O) groups excluding carboxylic acids is 2. The molecule has 0 aromatic carbocycles. The van der Waals surface area contributed by atoms with Crippen LogP contribution in [0.3, 0.4) is 0 Å².